The predicted molar refractivity (Wildman–Crippen MR) is 105 cm³/mol. The Morgan fingerprint density at radius 2 is 1.54 bits per heavy atom. The third-order valence-corrected chi connectivity index (χ3v) is 4.14. The Morgan fingerprint density at radius 1 is 0.821 bits per heavy atom. The molecule has 3 rings (SSSR count). The van der Waals surface area contributed by atoms with Crippen LogP contribution in [-0.2, 0) is 27.5 Å². The Kier molecular flexibility index (Phi) is 6.37. The maximum Gasteiger partial charge on any atom is 0.264 e. The lowest BCUT2D eigenvalue weighted by Gasteiger charge is -2.04. The first kappa shape index (κ1) is 19.5. The van der Waals surface area contributed by atoms with Crippen molar-refractivity contribution in [2.75, 3.05) is 6.26 Å². The molecule has 2 aromatic carbocycles. The van der Waals surface area contributed by atoms with Gasteiger partial charge in [0.05, 0.1) is 12.9 Å². The Hall–Kier alpha value is -3.21. The smallest absolute Gasteiger partial charge is 0.264 e. The molecule has 0 aliphatic rings. The molecule has 0 saturated carbocycles. The van der Waals surface area contributed by atoms with Crippen molar-refractivity contribution in [3.63, 3.8) is 0 Å². The molecule has 142 valence electrons. The highest BCUT2D eigenvalue weighted by Crippen LogP contribution is 2.09. The third kappa shape index (κ3) is 6.50. The van der Waals surface area contributed by atoms with Crippen LogP contribution in [0.4, 0.5) is 0 Å². The first-order valence-corrected chi connectivity index (χ1v) is 10.3. The van der Waals surface area contributed by atoms with E-state index < -0.39 is 10.1 Å². The van der Waals surface area contributed by atoms with E-state index in [2.05, 4.69) is 22.0 Å². The van der Waals surface area contributed by atoms with Crippen LogP contribution in [-0.4, -0.2) is 24.9 Å². The zero-order chi connectivity index (χ0) is 19.8. The highest BCUT2D eigenvalue weighted by molar-refractivity contribution is 7.85. The minimum atomic E-state index is -3.46. The van der Waals surface area contributed by atoms with E-state index in [4.69, 9.17) is 8.92 Å². The number of benzene rings is 2. The van der Waals surface area contributed by atoms with Crippen LogP contribution in [0.25, 0.3) is 0 Å². The van der Waals surface area contributed by atoms with E-state index in [9.17, 15) is 8.42 Å². The fourth-order valence-electron chi connectivity index (χ4n) is 2.19. The van der Waals surface area contributed by atoms with Crippen molar-refractivity contribution in [1.82, 2.24) is 10.2 Å². The molecule has 0 fully saturated rings. The standard InChI is InChI=1S/C21H18N2O4S/c1-28(24,25)27-16-19-9-7-17(8-10-19)11-12-20-13-14-21(23-22-20)26-15-18-5-3-2-4-6-18/h2-10,13-14H,15-16H2,1H3. The minimum Gasteiger partial charge on any atom is -0.472 e. The van der Waals surface area contributed by atoms with Crippen LogP contribution in [0.3, 0.4) is 0 Å². The molecule has 0 aliphatic heterocycles. The lowest BCUT2D eigenvalue weighted by molar-refractivity contribution is 0.290. The van der Waals surface area contributed by atoms with Crippen LogP contribution in [0, 0.1) is 11.8 Å². The summed E-state index contributed by atoms with van der Waals surface area (Å²) in [6, 6.07) is 20.4. The summed E-state index contributed by atoms with van der Waals surface area (Å²) >= 11 is 0. The van der Waals surface area contributed by atoms with Crippen molar-refractivity contribution in [3.05, 3.63) is 89.1 Å². The molecular weight excluding hydrogens is 376 g/mol. The molecule has 0 amide bonds. The normalized spacial score (nSPS) is 10.8. The van der Waals surface area contributed by atoms with Crippen LogP contribution in [0.15, 0.2) is 66.7 Å². The zero-order valence-corrected chi connectivity index (χ0v) is 16.0. The first-order chi connectivity index (χ1) is 13.5. The first-order valence-electron chi connectivity index (χ1n) is 8.44. The minimum absolute atomic E-state index is 0.00244. The summed E-state index contributed by atoms with van der Waals surface area (Å²) in [5.74, 6) is 6.35. The third-order valence-electron chi connectivity index (χ3n) is 3.60. The molecule has 0 N–H and O–H groups in total. The van der Waals surface area contributed by atoms with E-state index in [1.54, 1.807) is 36.4 Å². The fraction of sp³-hybridized carbons (Fsp3) is 0.143. The van der Waals surface area contributed by atoms with Gasteiger partial charge in [-0.25, -0.2) is 0 Å². The maximum absolute atomic E-state index is 11.0. The van der Waals surface area contributed by atoms with E-state index in [1.165, 1.54) is 0 Å². The van der Waals surface area contributed by atoms with Crippen molar-refractivity contribution in [1.29, 1.82) is 0 Å². The number of nitrogens with zero attached hydrogens (tertiary/aromatic N) is 2. The lowest BCUT2D eigenvalue weighted by Crippen LogP contribution is -2.02. The van der Waals surface area contributed by atoms with Crippen molar-refractivity contribution in [2.24, 2.45) is 0 Å². The second kappa shape index (κ2) is 9.13. The number of rotatable bonds is 6. The molecule has 0 atom stereocenters. The largest absolute Gasteiger partial charge is 0.472 e. The van der Waals surface area contributed by atoms with Crippen LogP contribution >= 0.6 is 0 Å². The van der Waals surface area contributed by atoms with Crippen molar-refractivity contribution in [2.45, 2.75) is 13.2 Å². The molecule has 0 spiro atoms. The van der Waals surface area contributed by atoms with E-state index in [0.717, 1.165) is 22.9 Å². The van der Waals surface area contributed by atoms with E-state index in [1.807, 2.05) is 30.3 Å². The van der Waals surface area contributed by atoms with E-state index in [-0.39, 0.29) is 6.61 Å². The number of aromatic nitrogens is 2. The average Bonchev–Trinajstić information content (AvgIpc) is 2.71. The summed E-state index contributed by atoms with van der Waals surface area (Å²) in [6.07, 6.45) is 1.02. The number of hydrogen-bond donors (Lipinski definition) is 0. The monoisotopic (exact) mass is 394 g/mol. The summed E-state index contributed by atoms with van der Waals surface area (Å²) < 4.78 is 32.3. The summed E-state index contributed by atoms with van der Waals surface area (Å²) in [5.41, 5.74) is 3.10. The maximum atomic E-state index is 11.0. The van der Waals surface area contributed by atoms with Crippen LogP contribution in [0.1, 0.15) is 22.4 Å². The van der Waals surface area contributed by atoms with Crippen LogP contribution in [0.5, 0.6) is 5.88 Å². The van der Waals surface area contributed by atoms with Gasteiger partial charge < -0.3 is 4.74 Å². The molecule has 1 aromatic heterocycles. The zero-order valence-electron chi connectivity index (χ0n) is 15.2. The molecule has 3 aromatic rings. The summed E-state index contributed by atoms with van der Waals surface area (Å²) in [5, 5.41) is 8.06. The number of ether oxygens (including phenoxy) is 1. The van der Waals surface area contributed by atoms with Crippen LogP contribution in [0.2, 0.25) is 0 Å². The van der Waals surface area contributed by atoms with Gasteiger partial charge in [-0.15, -0.1) is 10.2 Å². The molecular formula is C21H18N2O4S. The van der Waals surface area contributed by atoms with Crippen molar-refractivity contribution >= 4 is 10.1 Å². The Bertz CT molecular complexity index is 1070. The average molecular weight is 394 g/mol. The summed E-state index contributed by atoms with van der Waals surface area (Å²) in [4.78, 5) is 0. The van der Waals surface area contributed by atoms with Gasteiger partial charge in [-0.3, -0.25) is 4.18 Å². The summed E-state index contributed by atoms with van der Waals surface area (Å²) in [7, 11) is -3.46. The summed E-state index contributed by atoms with van der Waals surface area (Å²) in [6.45, 7) is 0.429. The van der Waals surface area contributed by atoms with Crippen LogP contribution < -0.4 is 4.74 Å². The fourth-order valence-corrected chi connectivity index (χ4v) is 2.54. The lowest BCUT2D eigenvalue weighted by atomic mass is 10.1. The van der Waals surface area contributed by atoms with Gasteiger partial charge in [-0.1, -0.05) is 48.4 Å². The van der Waals surface area contributed by atoms with Gasteiger partial charge in [0.25, 0.3) is 10.1 Å². The van der Waals surface area contributed by atoms with Gasteiger partial charge in [-0.05, 0) is 35.2 Å². The van der Waals surface area contributed by atoms with Gasteiger partial charge in [0.1, 0.15) is 12.3 Å². The molecule has 6 nitrogen and oxygen atoms in total. The van der Waals surface area contributed by atoms with E-state index in [0.29, 0.717) is 18.2 Å². The molecule has 7 heteroatoms. The molecule has 1 heterocycles. The molecule has 0 saturated heterocycles. The Labute approximate surface area is 164 Å². The van der Waals surface area contributed by atoms with Gasteiger partial charge in [0.15, 0.2) is 0 Å². The van der Waals surface area contributed by atoms with Gasteiger partial charge in [0.2, 0.25) is 5.88 Å². The van der Waals surface area contributed by atoms with Crippen molar-refractivity contribution in [3.8, 4) is 17.7 Å². The topological polar surface area (TPSA) is 78.4 Å². The van der Waals surface area contributed by atoms with Gasteiger partial charge in [-0.2, -0.15) is 8.42 Å². The quantitative estimate of drug-likeness (QED) is 0.473. The predicted octanol–water partition coefficient (Wildman–Crippen LogP) is 2.93. The Morgan fingerprint density at radius 3 is 2.18 bits per heavy atom. The highest BCUT2D eigenvalue weighted by atomic mass is 32.2. The SMILES string of the molecule is CS(=O)(=O)OCc1ccc(C#Cc2ccc(OCc3ccccc3)nn2)cc1. The molecule has 0 aliphatic carbocycles. The molecule has 0 unspecified atom stereocenters. The van der Waals surface area contributed by atoms with E-state index >= 15 is 0 Å². The molecule has 28 heavy (non-hydrogen) atoms. The van der Waals surface area contributed by atoms with Crippen molar-refractivity contribution < 1.29 is 17.3 Å². The Balaban J connectivity index is 1.56. The second-order valence-corrected chi connectivity index (χ2v) is 7.59. The van der Waals surface area contributed by atoms with Gasteiger partial charge >= 0.3 is 0 Å². The van der Waals surface area contributed by atoms with Gasteiger partial charge in [0, 0.05) is 11.6 Å². The second-order valence-electron chi connectivity index (χ2n) is 5.94. The number of hydrogen-bond acceptors (Lipinski definition) is 6. The molecule has 0 radical (unpaired) electrons. The molecule has 0 bridgehead atoms. The highest BCUT2D eigenvalue weighted by Gasteiger charge is 2.02.